The molecule has 0 saturated carbocycles. The maximum absolute atomic E-state index is 12.1. The zero-order chi connectivity index (χ0) is 9.56. The number of carbonyl (C=O) groups is 2. The molecule has 0 rings (SSSR count). The molecule has 0 aliphatic heterocycles. The van der Waals surface area contributed by atoms with Gasteiger partial charge in [-0.2, -0.15) is 0 Å². The van der Waals surface area contributed by atoms with E-state index in [0.29, 0.717) is 0 Å². The Labute approximate surface area is 69.8 Å². The van der Waals surface area contributed by atoms with Crippen LogP contribution < -0.4 is 5.32 Å². The predicted molar refractivity (Wildman–Crippen MR) is 40.4 cm³/mol. The molecule has 5 heteroatoms. The molecule has 0 aromatic carbocycles. The summed E-state index contributed by atoms with van der Waals surface area (Å²) in [5, 5.41) is 10.6. The minimum atomic E-state index is -0.987. The molecule has 1 atom stereocenters. The lowest BCUT2D eigenvalue weighted by Gasteiger charge is -2.11. The van der Waals surface area contributed by atoms with E-state index < -0.39 is 18.7 Å². The topological polar surface area (TPSA) is 66.4 Å². The summed E-state index contributed by atoms with van der Waals surface area (Å²) in [6.07, 6.45) is 0.000278. The lowest BCUT2D eigenvalue weighted by Crippen LogP contribution is -2.35. The summed E-state index contributed by atoms with van der Waals surface area (Å²) in [5.74, 6) is -1.33. The fourth-order valence-electron chi connectivity index (χ4n) is 0.773. The van der Waals surface area contributed by atoms with Crippen LogP contribution in [0.4, 0.5) is 4.39 Å². The van der Waals surface area contributed by atoms with Gasteiger partial charge < -0.3 is 10.4 Å². The Morgan fingerprint density at radius 3 is 2.50 bits per heavy atom. The van der Waals surface area contributed by atoms with E-state index in [1.54, 1.807) is 0 Å². The van der Waals surface area contributed by atoms with E-state index in [9.17, 15) is 14.0 Å². The van der Waals surface area contributed by atoms with Crippen LogP contribution in [0.2, 0.25) is 0 Å². The third-order valence-corrected chi connectivity index (χ3v) is 1.30. The monoisotopic (exact) mass is 177 g/mol. The molecule has 12 heavy (non-hydrogen) atoms. The fraction of sp³-hybridized carbons (Fsp3) is 0.714. The molecule has 0 aromatic rings. The van der Waals surface area contributed by atoms with Crippen molar-refractivity contribution in [2.45, 2.75) is 25.8 Å². The van der Waals surface area contributed by atoms with Crippen molar-refractivity contribution < 1.29 is 19.1 Å². The molecule has 0 aliphatic carbocycles. The van der Waals surface area contributed by atoms with Crippen molar-refractivity contribution in [3.8, 4) is 0 Å². The molecule has 0 aliphatic rings. The number of halogens is 1. The lowest BCUT2D eigenvalue weighted by atomic mass is 10.2. The number of carboxylic acids is 1. The highest BCUT2D eigenvalue weighted by Crippen LogP contribution is 1.97. The minimum absolute atomic E-state index is 0.130. The molecule has 1 amide bonds. The maximum atomic E-state index is 12.1. The molecule has 0 bridgehead atoms. The molecule has 70 valence electrons. The van der Waals surface area contributed by atoms with Gasteiger partial charge in [0.25, 0.3) is 0 Å². The van der Waals surface area contributed by atoms with E-state index >= 15 is 0 Å². The van der Waals surface area contributed by atoms with E-state index in [0.717, 1.165) is 0 Å². The first kappa shape index (κ1) is 10.9. The van der Waals surface area contributed by atoms with E-state index in [1.165, 1.54) is 6.92 Å². The van der Waals surface area contributed by atoms with E-state index in [2.05, 4.69) is 5.32 Å². The summed E-state index contributed by atoms with van der Waals surface area (Å²) in [6, 6.07) is -0.668. The van der Waals surface area contributed by atoms with Gasteiger partial charge in [-0.25, -0.2) is 4.39 Å². The second kappa shape index (κ2) is 5.51. The van der Waals surface area contributed by atoms with Crippen molar-refractivity contribution in [2.75, 3.05) is 6.67 Å². The second-order valence-corrected chi connectivity index (χ2v) is 2.48. The first-order valence-corrected chi connectivity index (χ1v) is 3.61. The summed E-state index contributed by atoms with van der Waals surface area (Å²) in [4.78, 5) is 20.5. The summed E-state index contributed by atoms with van der Waals surface area (Å²) >= 11 is 0. The quantitative estimate of drug-likeness (QED) is 0.635. The van der Waals surface area contributed by atoms with Gasteiger partial charge in [-0.1, -0.05) is 0 Å². The van der Waals surface area contributed by atoms with Crippen molar-refractivity contribution in [1.29, 1.82) is 0 Å². The Kier molecular flexibility index (Phi) is 4.99. The van der Waals surface area contributed by atoms with Crippen molar-refractivity contribution >= 4 is 11.9 Å². The molecule has 0 aromatic heterocycles. The molecule has 0 radical (unpaired) electrons. The second-order valence-electron chi connectivity index (χ2n) is 2.48. The molecule has 4 nitrogen and oxygen atoms in total. The van der Waals surface area contributed by atoms with Gasteiger partial charge >= 0.3 is 5.97 Å². The van der Waals surface area contributed by atoms with Gasteiger partial charge in [0.05, 0.1) is 6.04 Å². The molecule has 1 unspecified atom stereocenters. The fourth-order valence-corrected chi connectivity index (χ4v) is 0.773. The maximum Gasteiger partial charge on any atom is 0.303 e. The zero-order valence-corrected chi connectivity index (χ0v) is 6.84. The van der Waals surface area contributed by atoms with Crippen LogP contribution in [0.15, 0.2) is 0 Å². The number of aliphatic carboxylic acids is 1. The van der Waals surface area contributed by atoms with Crippen LogP contribution in [0.3, 0.4) is 0 Å². The van der Waals surface area contributed by atoms with Crippen LogP contribution in [0, 0.1) is 0 Å². The third-order valence-electron chi connectivity index (χ3n) is 1.30. The molecule has 0 fully saturated rings. The van der Waals surface area contributed by atoms with Gasteiger partial charge in [-0.3, -0.25) is 9.59 Å². The first-order chi connectivity index (χ1) is 5.56. The summed E-state index contributed by atoms with van der Waals surface area (Å²) in [5.41, 5.74) is 0. The highest BCUT2D eigenvalue weighted by Gasteiger charge is 2.10. The van der Waals surface area contributed by atoms with Crippen LogP contribution in [-0.2, 0) is 9.59 Å². The average Bonchev–Trinajstić information content (AvgIpc) is 1.97. The zero-order valence-electron chi connectivity index (χ0n) is 6.84. The van der Waals surface area contributed by atoms with Crippen LogP contribution in [0.1, 0.15) is 19.8 Å². The Morgan fingerprint density at radius 2 is 2.17 bits per heavy atom. The van der Waals surface area contributed by atoms with Crippen LogP contribution in [0.25, 0.3) is 0 Å². The van der Waals surface area contributed by atoms with Gasteiger partial charge in [-0.15, -0.1) is 0 Å². The van der Waals surface area contributed by atoms with Gasteiger partial charge in [0, 0.05) is 13.3 Å². The van der Waals surface area contributed by atoms with E-state index in [4.69, 9.17) is 5.11 Å². The molecular weight excluding hydrogens is 165 g/mol. The number of amides is 1. The Hall–Kier alpha value is -1.13. The van der Waals surface area contributed by atoms with E-state index in [1.807, 2.05) is 0 Å². The molecular formula is C7H12FNO3. The summed E-state index contributed by atoms with van der Waals surface area (Å²) in [6.45, 7) is 0.538. The number of hydrogen-bond acceptors (Lipinski definition) is 2. The summed E-state index contributed by atoms with van der Waals surface area (Å²) < 4.78 is 12.1. The Bertz CT molecular complexity index is 172. The van der Waals surface area contributed by atoms with Crippen molar-refractivity contribution in [3.63, 3.8) is 0 Å². The summed E-state index contributed by atoms with van der Waals surface area (Å²) in [7, 11) is 0. The Balaban J connectivity index is 3.67. The van der Waals surface area contributed by atoms with Gasteiger partial charge in [0.1, 0.15) is 6.67 Å². The van der Waals surface area contributed by atoms with Gasteiger partial charge in [0.15, 0.2) is 0 Å². The van der Waals surface area contributed by atoms with Crippen LogP contribution in [0.5, 0.6) is 0 Å². The number of carboxylic acid groups (broad SMARTS) is 1. The lowest BCUT2D eigenvalue weighted by molar-refractivity contribution is -0.137. The third kappa shape index (κ3) is 5.64. The average molecular weight is 177 g/mol. The predicted octanol–water partition coefficient (Wildman–Crippen LogP) is 0.325. The van der Waals surface area contributed by atoms with Crippen LogP contribution >= 0.6 is 0 Å². The number of rotatable bonds is 5. The van der Waals surface area contributed by atoms with Crippen molar-refractivity contribution in [2.24, 2.45) is 0 Å². The smallest absolute Gasteiger partial charge is 0.303 e. The molecule has 0 spiro atoms. The van der Waals surface area contributed by atoms with Crippen molar-refractivity contribution in [1.82, 2.24) is 5.32 Å². The molecule has 2 N–H and O–H groups in total. The number of alkyl halides is 1. The highest BCUT2D eigenvalue weighted by molar-refractivity contribution is 5.73. The first-order valence-electron chi connectivity index (χ1n) is 3.61. The molecule has 0 saturated heterocycles. The number of nitrogens with one attached hydrogen (secondary N) is 1. The van der Waals surface area contributed by atoms with Crippen LogP contribution in [-0.4, -0.2) is 29.7 Å². The number of hydrogen-bond donors (Lipinski definition) is 2. The van der Waals surface area contributed by atoms with Gasteiger partial charge in [-0.05, 0) is 6.42 Å². The molecule has 0 heterocycles. The van der Waals surface area contributed by atoms with E-state index in [-0.39, 0.29) is 18.7 Å². The normalized spacial score (nSPS) is 12.2. The highest BCUT2D eigenvalue weighted by atomic mass is 19.1. The SMILES string of the molecule is CC(=O)NC(CF)CCC(=O)O. The standard InChI is InChI=1S/C7H12FNO3/c1-5(10)9-6(4-8)2-3-7(11)12/h6H,2-4H2,1H3,(H,9,10)(H,11,12). The van der Waals surface area contributed by atoms with Gasteiger partial charge in [0.2, 0.25) is 5.91 Å². The van der Waals surface area contributed by atoms with Crippen molar-refractivity contribution in [3.05, 3.63) is 0 Å². The minimum Gasteiger partial charge on any atom is -0.481 e. The number of carbonyl (C=O) groups excluding carboxylic acids is 1. The largest absolute Gasteiger partial charge is 0.481 e. The Morgan fingerprint density at radius 1 is 1.58 bits per heavy atom.